The average Bonchev–Trinajstić information content (AvgIpc) is 2.73. The molecule has 0 unspecified atom stereocenters. The number of hydrogen-bond donors (Lipinski definition) is 1. The third kappa shape index (κ3) is 2.08. The van der Waals surface area contributed by atoms with Crippen molar-refractivity contribution in [3.8, 4) is 16.5 Å². The zero-order valence-corrected chi connectivity index (χ0v) is 10.0. The van der Waals surface area contributed by atoms with Crippen molar-refractivity contribution >= 4 is 11.3 Å². The average molecular weight is 235 g/mol. The predicted molar refractivity (Wildman–Crippen MR) is 64.8 cm³/mol. The van der Waals surface area contributed by atoms with Gasteiger partial charge in [-0.2, -0.15) is 0 Å². The number of rotatable bonds is 3. The molecule has 1 heterocycles. The van der Waals surface area contributed by atoms with Crippen LogP contribution in [-0.2, 0) is 6.61 Å². The Hall–Kier alpha value is -1.39. The van der Waals surface area contributed by atoms with Gasteiger partial charge in [0.1, 0.15) is 0 Å². The lowest BCUT2D eigenvalue weighted by Crippen LogP contribution is -1.86. The van der Waals surface area contributed by atoms with Crippen molar-refractivity contribution in [3.63, 3.8) is 0 Å². The second-order valence-corrected chi connectivity index (χ2v) is 4.53. The van der Waals surface area contributed by atoms with Crippen LogP contribution >= 0.6 is 11.3 Å². The summed E-state index contributed by atoms with van der Waals surface area (Å²) in [6.07, 6.45) is 0. The minimum atomic E-state index is -0.00969. The van der Waals surface area contributed by atoms with Crippen LogP contribution in [0.25, 0.3) is 11.3 Å². The first-order valence-corrected chi connectivity index (χ1v) is 5.78. The van der Waals surface area contributed by atoms with Crippen molar-refractivity contribution in [2.24, 2.45) is 0 Å². The summed E-state index contributed by atoms with van der Waals surface area (Å²) < 4.78 is 5.08. The molecule has 1 N–H and O–H groups in total. The molecule has 3 nitrogen and oxygen atoms in total. The molecule has 0 atom stereocenters. The van der Waals surface area contributed by atoms with E-state index in [1.807, 2.05) is 31.2 Å². The lowest BCUT2D eigenvalue weighted by molar-refractivity contribution is 0.286. The highest BCUT2D eigenvalue weighted by Crippen LogP contribution is 2.32. The van der Waals surface area contributed by atoms with Gasteiger partial charge < -0.3 is 9.84 Å². The van der Waals surface area contributed by atoms with Crippen molar-refractivity contribution in [1.82, 2.24) is 4.98 Å². The third-order valence-electron chi connectivity index (χ3n) is 2.32. The highest BCUT2D eigenvalue weighted by Gasteiger charge is 2.12. The summed E-state index contributed by atoms with van der Waals surface area (Å²) in [7, 11) is 1.58. The number of thiazole rings is 1. The summed E-state index contributed by atoms with van der Waals surface area (Å²) in [4.78, 5) is 5.17. The Morgan fingerprint density at radius 1 is 1.31 bits per heavy atom. The van der Waals surface area contributed by atoms with Gasteiger partial charge >= 0.3 is 0 Å². The molecule has 16 heavy (non-hydrogen) atoms. The second kappa shape index (κ2) is 4.63. The normalized spacial score (nSPS) is 10.4. The van der Waals surface area contributed by atoms with Crippen molar-refractivity contribution in [1.29, 1.82) is 0 Å². The van der Waals surface area contributed by atoms with Crippen molar-refractivity contribution in [2.45, 2.75) is 13.5 Å². The standard InChI is InChI=1S/C12H13NO2S/c1-8-3-5-9(6-4-8)11-10(7-14)16-12(13-11)15-2/h3-6,14H,7H2,1-2H3. The molecule has 1 aromatic carbocycles. The molecule has 0 aliphatic heterocycles. The highest BCUT2D eigenvalue weighted by molar-refractivity contribution is 7.13. The quantitative estimate of drug-likeness (QED) is 0.889. The van der Waals surface area contributed by atoms with Crippen LogP contribution in [-0.4, -0.2) is 17.2 Å². The molecular weight excluding hydrogens is 222 g/mol. The molecule has 0 bridgehead atoms. The van der Waals surface area contributed by atoms with Gasteiger partial charge in [0.2, 0.25) is 0 Å². The van der Waals surface area contributed by atoms with Crippen LogP contribution in [0.4, 0.5) is 0 Å². The number of ether oxygens (including phenoxy) is 1. The number of aromatic nitrogens is 1. The zero-order chi connectivity index (χ0) is 11.5. The van der Waals surface area contributed by atoms with E-state index in [9.17, 15) is 5.11 Å². The van der Waals surface area contributed by atoms with E-state index in [2.05, 4.69) is 4.98 Å². The fourth-order valence-corrected chi connectivity index (χ4v) is 2.22. The minimum absolute atomic E-state index is 0.00969. The summed E-state index contributed by atoms with van der Waals surface area (Å²) in [6.45, 7) is 2.03. The molecule has 84 valence electrons. The summed E-state index contributed by atoms with van der Waals surface area (Å²) in [6, 6.07) is 8.07. The SMILES string of the molecule is COc1nc(-c2ccc(C)cc2)c(CO)s1. The zero-order valence-electron chi connectivity index (χ0n) is 9.23. The molecule has 0 spiro atoms. The number of aliphatic hydroxyl groups excluding tert-OH is 1. The van der Waals surface area contributed by atoms with Crippen LogP contribution in [0.15, 0.2) is 24.3 Å². The number of hydrogen-bond acceptors (Lipinski definition) is 4. The van der Waals surface area contributed by atoms with E-state index in [0.29, 0.717) is 5.19 Å². The van der Waals surface area contributed by atoms with Gasteiger partial charge in [0.15, 0.2) is 0 Å². The van der Waals surface area contributed by atoms with E-state index in [-0.39, 0.29) is 6.61 Å². The molecule has 0 aliphatic carbocycles. The molecule has 0 saturated heterocycles. The van der Waals surface area contributed by atoms with Gasteiger partial charge in [-0.05, 0) is 6.92 Å². The van der Waals surface area contributed by atoms with Crippen molar-refractivity contribution in [3.05, 3.63) is 34.7 Å². The van der Waals surface area contributed by atoms with E-state index >= 15 is 0 Å². The van der Waals surface area contributed by atoms with Gasteiger partial charge in [0, 0.05) is 5.56 Å². The van der Waals surface area contributed by atoms with Crippen molar-refractivity contribution < 1.29 is 9.84 Å². The van der Waals surface area contributed by atoms with Crippen LogP contribution in [0.5, 0.6) is 5.19 Å². The summed E-state index contributed by atoms with van der Waals surface area (Å²) in [5.74, 6) is 0. The molecule has 2 rings (SSSR count). The van der Waals surface area contributed by atoms with Gasteiger partial charge in [-0.15, -0.1) is 0 Å². The molecule has 2 aromatic rings. The molecule has 4 heteroatoms. The van der Waals surface area contributed by atoms with E-state index in [4.69, 9.17) is 4.74 Å². The fourth-order valence-electron chi connectivity index (χ4n) is 1.46. The molecule has 0 aliphatic rings. The largest absolute Gasteiger partial charge is 0.473 e. The lowest BCUT2D eigenvalue weighted by Gasteiger charge is -1.99. The molecule has 0 amide bonds. The van der Waals surface area contributed by atoms with Crippen LogP contribution in [0.1, 0.15) is 10.4 Å². The maximum Gasteiger partial charge on any atom is 0.273 e. The Balaban J connectivity index is 2.45. The first-order chi connectivity index (χ1) is 7.74. The van der Waals surface area contributed by atoms with Gasteiger partial charge in [-0.1, -0.05) is 41.2 Å². The fraction of sp³-hybridized carbons (Fsp3) is 0.250. The molecule has 0 radical (unpaired) electrons. The van der Waals surface area contributed by atoms with E-state index in [1.165, 1.54) is 16.9 Å². The van der Waals surface area contributed by atoms with Gasteiger partial charge in [0.05, 0.1) is 24.3 Å². The molecule has 0 fully saturated rings. The maximum absolute atomic E-state index is 9.26. The molecular formula is C12H13NO2S. The third-order valence-corrected chi connectivity index (χ3v) is 3.32. The lowest BCUT2D eigenvalue weighted by atomic mass is 10.1. The summed E-state index contributed by atoms with van der Waals surface area (Å²) >= 11 is 1.38. The van der Waals surface area contributed by atoms with Crippen LogP contribution in [0.2, 0.25) is 0 Å². The number of nitrogens with zero attached hydrogens (tertiary/aromatic N) is 1. The van der Waals surface area contributed by atoms with Gasteiger partial charge in [-0.25, -0.2) is 4.98 Å². The highest BCUT2D eigenvalue weighted by atomic mass is 32.1. The Morgan fingerprint density at radius 3 is 2.56 bits per heavy atom. The molecule has 0 saturated carbocycles. The van der Waals surface area contributed by atoms with E-state index in [0.717, 1.165) is 16.1 Å². The van der Waals surface area contributed by atoms with Crippen LogP contribution < -0.4 is 4.74 Å². The Bertz CT molecular complexity index is 476. The van der Waals surface area contributed by atoms with Gasteiger partial charge in [0.25, 0.3) is 5.19 Å². The van der Waals surface area contributed by atoms with Crippen LogP contribution in [0, 0.1) is 6.92 Å². The number of methoxy groups -OCH3 is 1. The second-order valence-electron chi connectivity index (χ2n) is 3.48. The number of aliphatic hydroxyl groups is 1. The van der Waals surface area contributed by atoms with Crippen LogP contribution in [0.3, 0.4) is 0 Å². The number of aryl methyl sites for hydroxylation is 1. The Labute approximate surface area is 98.4 Å². The number of benzene rings is 1. The first kappa shape index (κ1) is 11.1. The Morgan fingerprint density at radius 2 is 2.00 bits per heavy atom. The minimum Gasteiger partial charge on any atom is -0.473 e. The van der Waals surface area contributed by atoms with Gasteiger partial charge in [-0.3, -0.25) is 0 Å². The monoisotopic (exact) mass is 235 g/mol. The molecule has 1 aromatic heterocycles. The Kier molecular flexibility index (Phi) is 3.22. The first-order valence-electron chi connectivity index (χ1n) is 4.96. The van der Waals surface area contributed by atoms with E-state index in [1.54, 1.807) is 7.11 Å². The summed E-state index contributed by atoms with van der Waals surface area (Å²) in [5.41, 5.74) is 3.02. The topological polar surface area (TPSA) is 42.4 Å². The van der Waals surface area contributed by atoms with Crippen molar-refractivity contribution in [2.75, 3.05) is 7.11 Å². The van der Waals surface area contributed by atoms with E-state index < -0.39 is 0 Å². The summed E-state index contributed by atoms with van der Waals surface area (Å²) in [5, 5.41) is 9.84. The predicted octanol–water partition coefficient (Wildman–Crippen LogP) is 2.62. The maximum atomic E-state index is 9.26. The smallest absolute Gasteiger partial charge is 0.273 e.